The second-order valence-corrected chi connectivity index (χ2v) is 6.88. The molecule has 0 saturated heterocycles. The molecule has 0 spiro atoms. The Morgan fingerprint density at radius 2 is 1.32 bits per heavy atom. The summed E-state index contributed by atoms with van der Waals surface area (Å²) >= 11 is 0. The van der Waals surface area contributed by atoms with E-state index in [9.17, 15) is 19.2 Å². The van der Waals surface area contributed by atoms with Gasteiger partial charge >= 0.3 is 11.9 Å². The molecule has 0 saturated carbocycles. The smallest absolute Gasteiger partial charge is 0.323 e. The first-order valence-corrected chi connectivity index (χ1v) is 8.87. The first kappa shape index (κ1) is 21.3. The topological polar surface area (TPSA) is 86.7 Å². The van der Waals surface area contributed by atoms with Gasteiger partial charge in [-0.15, -0.1) is 0 Å². The molecule has 0 heterocycles. The molecule has 148 valence electrons. The van der Waals surface area contributed by atoms with Crippen molar-refractivity contribution in [3.05, 3.63) is 58.2 Å². The normalized spacial score (nSPS) is 16.3. The quantitative estimate of drug-likeness (QED) is 0.324. The van der Waals surface area contributed by atoms with Crippen molar-refractivity contribution in [1.82, 2.24) is 0 Å². The third kappa shape index (κ3) is 3.67. The minimum Gasteiger partial charge on any atom is -0.468 e. The van der Waals surface area contributed by atoms with Crippen LogP contribution in [0.1, 0.15) is 44.0 Å². The maximum atomic E-state index is 12.8. The molecular weight excluding hydrogens is 360 g/mol. The number of benzene rings is 1. The van der Waals surface area contributed by atoms with Crippen LogP contribution in [0.5, 0.6) is 0 Å². The van der Waals surface area contributed by atoms with Gasteiger partial charge in [-0.3, -0.25) is 19.2 Å². The monoisotopic (exact) mass is 384 g/mol. The number of rotatable bonds is 6. The van der Waals surface area contributed by atoms with Crippen molar-refractivity contribution in [3.63, 3.8) is 0 Å². The predicted octanol–water partition coefficient (Wildman–Crippen LogP) is 3.22. The van der Waals surface area contributed by atoms with E-state index in [1.165, 1.54) is 21.1 Å². The van der Waals surface area contributed by atoms with E-state index in [2.05, 4.69) is 0 Å². The third-order valence-electron chi connectivity index (χ3n) is 5.29. The number of allylic oxidation sites excluding steroid dienone is 4. The number of carbonyl (C=O) groups excluding carboxylic acids is 4. The molecule has 1 aromatic carbocycles. The van der Waals surface area contributed by atoms with Crippen LogP contribution in [0.25, 0.3) is 0 Å². The second kappa shape index (κ2) is 8.33. The van der Waals surface area contributed by atoms with E-state index in [1.807, 2.05) is 6.07 Å². The van der Waals surface area contributed by atoms with Crippen LogP contribution < -0.4 is 0 Å². The van der Waals surface area contributed by atoms with E-state index in [0.29, 0.717) is 27.9 Å². The third-order valence-corrected chi connectivity index (χ3v) is 5.29. The van der Waals surface area contributed by atoms with Crippen LogP contribution in [0.2, 0.25) is 0 Å². The molecule has 0 aliphatic heterocycles. The molecule has 0 aromatic heterocycles. The zero-order valence-electron chi connectivity index (χ0n) is 16.8. The van der Waals surface area contributed by atoms with Gasteiger partial charge in [-0.2, -0.15) is 0 Å². The summed E-state index contributed by atoms with van der Waals surface area (Å²) in [6, 6.07) is 8.77. The molecular formula is C22H24O6. The number of esters is 2. The summed E-state index contributed by atoms with van der Waals surface area (Å²) in [7, 11) is 2.37. The highest BCUT2D eigenvalue weighted by atomic mass is 16.5. The average Bonchev–Trinajstić information content (AvgIpc) is 3.13. The molecule has 0 N–H and O–H groups in total. The lowest BCUT2D eigenvalue weighted by Crippen LogP contribution is -2.39. The maximum Gasteiger partial charge on any atom is 0.323 e. The van der Waals surface area contributed by atoms with E-state index in [1.54, 1.807) is 38.1 Å². The Bertz CT molecular complexity index is 873. The van der Waals surface area contributed by atoms with Gasteiger partial charge in [-0.1, -0.05) is 30.3 Å². The summed E-state index contributed by atoms with van der Waals surface area (Å²) in [5.74, 6) is -1.95. The molecule has 0 atom stereocenters. The second-order valence-electron chi connectivity index (χ2n) is 6.88. The van der Waals surface area contributed by atoms with E-state index in [0.717, 1.165) is 0 Å². The first-order valence-electron chi connectivity index (χ1n) is 8.87. The standard InChI is InChI=1S/C22H24O6/c1-13(14(2)19(24)16-9-7-6-8-10-16)17-11-22(20(25)27-4,21(26)28-5)12-18(17)15(3)23/h6-10H,11-12H2,1-5H3/b14-13-. The highest BCUT2D eigenvalue weighted by Crippen LogP contribution is 2.47. The molecule has 0 unspecified atom stereocenters. The van der Waals surface area contributed by atoms with Gasteiger partial charge in [-0.25, -0.2) is 0 Å². The van der Waals surface area contributed by atoms with Crippen molar-refractivity contribution < 1.29 is 28.7 Å². The lowest BCUT2D eigenvalue weighted by molar-refractivity contribution is -0.168. The molecule has 0 bridgehead atoms. The summed E-state index contributed by atoms with van der Waals surface area (Å²) in [5, 5.41) is 0. The zero-order chi connectivity index (χ0) is 21.1. The van der Waals surface area contributed by atoms with Crippen LogP contribution in [0.15, 0.2) is 52.6 Å². The number of ether oxygens (including phenoxy) is 2. The van der Waals surface area contributed by atoms with E-state index in [4.69, 9.17) is 9.47 Å². The molecule has 6 heteroatoms. The number of Topliss-reactive ketones (excluding diaryl/α,β-unsaturated/α-hetero) is 2. The van der Waals surface area contributed by atoms with Gasteiger partial charge < -0.3 is 9.47 Å². The maximum absolute atomic E-state index is 12.8. The van der Waals surface area contributed by atoms with Crippen molar-refractivity contribution in [2.75, 3.05) is 14.2 Å². The van der Waals surface area contributed by atoms with Crippen LogP contribution in [0.3, 0.4) is 0 Å². The molecule has 0 amide bonds. The Hall–Kier alpha value is -3.02. The fraction of sp³-hybridized carbons (Fsp3) is 0.364. The Labute approximate surface area is 164 Å². The fourth-order valence-electron chi connectivity index (χ4n) is 3.54. The lowest BCUT2D eigenvalue weighted by Gasteiger charge is -2.23. The van der Waals surface area contributed by atoms with Crippen LogP contribution in [-0.4, -0.2) is 37.7 Å². The summed E-state index contributed by atoms with van der Waals surface area (Å²) in [6.45, 7) is 4.77. The van der Waals surface area contributed by atoms with E-state index in [-0.39, 0.29) is 24.4 Å². The van der Waals surface area contributed by atoms with Gasteiger partial charge in [0.05, 0.1) is 14.2 Å². The summed E-state index contributed by atoms with van der Waals surface area (Å²) < 4.78 is 9.67. The van der Waals surface area contributed by atoms with Gasteiger partial charge in [0.25, 0.3) is 0 Å². The largest absolute Gasteiger partial charge is 0.468 e. The predicted molar refractivity (Wildman–Crippen MR) is 103 cm³/mol. The van der Waals surface area contributed by atoms with Crippen molar-refractivity contribution >= 4 is 23.5 Å². The summed E-state index contributed by atoms with van der Waals surface area (Å²) in [6.07, 6.45) is -0.159. The Kier molecular flexibility index (Phi) is 6.33. The number of ketones is 2. The van der Waals surface area contributed by atoms with Crippen LogP contribution >= 0.6 is 0 Å². The Morgan fingerprint density at radius 3 is 1.79 bits per heavy atom. The summed E-state index contributed by atoms with van der Waals surface area (Å²) in [4.78, 5) is 50.0. The first-order chi connectivity index (χ1) is 13.2. The average molecular weight is 384 g/mol. The molecule has 6 nitrogen and oxygen atoms in total. The van der Waals surface area contributed by atoms with Crippen molar-refractivity contribution in [1.29, 1.82) is 0 Å². The number of hydrogen-bond acceptors (Lipinski definition) is 6. The Balaban J connectivity index is 2.55. The minimum atomic E-state index is -1.61. The highest BCUT2D eigenvalue weighted by molar-refractivity contribution is 6.10. The summed E-state index contributed by atoms with van der Waals surface area (Å²) in [5.41, 5.74) is 0.796. The number of carbonyl (C=O) groups is 4. The molecule has 1 aliphatic rings. The van der Waals surface area contributed by atoms with E-state index >= 15 is 0 Å². The zero-order valence-corrected chi connectivity index (χ0v) is 16.8. The van der Waals surface area contributed by atoms with Crippen LogP contribution in [-0.2, 0) is 23.9 Å². The van der Waals surface area contributed by atoms with Gasteiger partial charge in [0.2, 0.25) is 0 Å². The highest BCUT2D eigenvalue weighted by Gasteiger charge is 2.54. The molecule has 1 aliphatic carbocycles. The van der Waals surface area contributed by atoms with Crippen LogP contribution in [0.4, 0.5) is 0 Å². The van der Waals surface area contributed by atoms with Crippen molar-refractivity contribution in [2.24, 2.45) is 5.41 Å². The number of hydrogen-bond donors (Lipinski definition) is 0. The molecule has 0 fully saturated rings. The number of methoxy groups -OCH3 is 2. The van der Waals surface area contributed by atoms with Gasteiger partial charge in [0, 0.05) is 29.6 Å². The van der Waals surface area contributed by atoms with Gasteiger partial charge in [0.15, 0.2) is 17.0 Å². The SMILES string of the molecule is COC(=O)C1(C(=O)OC)CC(C(C)=O)=C(/C(C)=C(/C)C(=O)c2ccccc2)C1. The van der Waals surface area contributed by atoms with E-state index < -0.39 is 17.4 Å². The van der Waals surface area contributed by atoms with Gasteiger partial charge in [0.1, 0.15) is 0 Å². The van der Waals surface area contributed by atoms with Crippen molar-refractivity contribution in [3.8, 4) is 0 Å². The Morgan fingerprint density at radius 1 is 0.821 bits per heavy atom. The van der Waals surface area contributed by atoms with Crippen molar-refractivity contribution in [2.45, 2.75) is 33.6 Å². The van der Waals surface area contributed by atoms with Gasteiger partial charge in [-0.05, 0) is 31.9 Å². The molecule has 28 heavy (non-hydrogen) atoms. The lowest BCUT2D eigenvalue weighted by atomic mass is 9.82. The molecule has 1 aromatic rings. The minimum absolute atomic E-state index is 0.0491. The molecule has 0 radical (unpaired) electrons. The fourth-order valence-corrected chi connectivity index (χ4v) is 3.54. The van der Waals surface area contributed by atoms with Crippen LogP contribution in [0, 0.1) is 5.41 Å². The molecule has 2 rings (SSSR count).